The number of aryl methyl sites for hydroxylation is 1. The summed E-state index contributed by atoms with van der Waals surface area (Å²) in [5.41, 5.74) is 8.38. The zero-order valence-corrected chi connectivity index (χ0v) is 12.6. The van der Waals surface area contributed by atoms with Crippen LogP contribution in [0.5, 0.6) is 0 Å². The Morgan fingerprint density at radius 1 is 1.30 bits per heavy atom. The van der Waals surface area contributed by atoms with Crippen LogP contribution < -0.4 is 5.73 Å². The normalized spacial score (nSPS) is 22.6. The molecule has 2 rings (SSSR count). The van der Waals surface area contributed by atoms with E-state index in [9.17, 15) is 4.79 Å². The molecule has 0 bridgehead atoms. The van der Waals surface area contributed by atoms with Gasteiger partial charge in [0, 0.05) is 25.0 Å². The quantitative estimate of drug-likeness (QED) is 0.917. The van der Waals surface area contributed by atoms with Crippen LogP contribution in [-0.2, 0) is 11.3 Å². The van der Waals surface area contributed by atoms with Gasteiger partial charge in [-0.2, -0.15) is 0 Å². The molecular weight excluding hydrogens is 248 g/mol. The van der Waals surface area contributed by atoms with Gasteiger partial charge in [0.1, 0.15) is 0 Å². The lowest BCUT2D eigenvalue weighted by atomic mass is 9.85. The van der Waals surface area contributed by atoms with E-state index < -0.39 is 0 Å². The molecule has 20 heavy (non-hydrogen) atoms. The van der Waals surface area contributed by atoms with Crippen molar-refractivity contribution in [3.63, 3.8) is 0 Å². The zero-order chi connectivity index (χ0) is 14.5. The van der Waals surface area contributed by atoms with E-state index in [1.54, 1.807) is 0 Å². The highest BCUT2D eigenvalue weighted by Gasteiger charge is 2.27. The number of nitrogens with zero attached hydrogens (tertiary/aromatic N) is 1. The maximum atomic E-state index is 12.6. The SMILES string of the molecule is CCN(Cc1cccc(C)c1)C(=O)C1CCC(N)CC1. The van der Waals surface area contributed by atoms with Crippen LogP contribution in [-0.4, -0.2) is 23.4 Å². The predicted octanol–water partition coefficient (Wildman–Crippen LogP) is 2.86. The summed E-state index contributed by atoms with van der Waals surface area (Å²) in [5.74, 6) is 0.487. The van der Waals surface area contributed by atoms with Crippen molar-refractivity contribution < 1.29 is 4.79 Å². The fourth-order valence-corrected chi connectivity index (χ4v) is 3.00. The van der Waals surface area contributed by atoms with Gasteiger partial charge in [0.05, 0.1) is 0 Å². The monoisotopic (exact) mass is 274 g/mol. The lowest BCUT2D eigenvalue weighted by Gasteiger charge is -2.30. The highest BCUT2D eigenvalue weighted by atomic mass is 16.2. The zero-order valence-electron chi connectivity index (χ0n) is 12.6. The minimum atomic E-state index is 0.180. The highest BCUT2D eigenvalue weighted by Crippen LogP contribution is 2.25. The average molecular weight is 274 g/mol. The molecule has 1 amide bonds. The van der Waals surface area contributed by atoms with E-state index in [1.165, 1.54) is 11.1 Å². The first-order valence-electron chi connectivity index (χ1n) is 7.70. The van der Waals surface area contributed by atoms with E-state index in [-0.39, 0.29) is 5.92 Å². The van der Waals surface area contributed by atoms with Crippen molar-refractivity contribution in [2.45, 2.75) is 52.1 Å². The van der Waals surface area contributed by atoms with Crippen molar-refractivity contribution in [2.24, 2.45) is 11.7 Å². The summed E-state index contributed by atoms with van der Waals surface area (Å²) < 4.78 is 0. The van der Waals surface area contributed by atoms with E-state index in [4.69, 9.17) is 5.73 Å². The molecule has 110 valence electrons. The summed E-state index contributed by atoms with van der Waals surface area (Å²) in [4.78, 5) is 14.6. The van der Waals surface area contributed by atoms with Gasteiger partial charge >= 0.3 is 0 Å². The topological polar surface area (TPSA) is 46.3 Å². The Labute approximate surface area is 122 Å². The summed E-state index contributed by atoms with van der Waals surface area (Å²) in [6, 6.07) is 8.70. The Bertz CT molecular complexity index is 450. The van der Waals surface area contributed by atoms with Gasteiger partial charge in [-0.15, -0.1) is 0 Å². The third kappa shape index (κ3) is 3.83. The lowest BCUT2D eigenvalue weighted by molar-refractivity contribution is -0.137. The Balaban J connectivity index is 1.99. The van der Waals surface area contributed by atoms with Gasteiger partial charge in [0.2, 0.25) is 5.91 Å². The minimum Gasteiger partial charge on any atom is -0.338 e. The van der Waals surface area contributed by atoms with Crippen molar-refractivity contribution in [3.8, 4) is 0 Å². The number of amides is 1. The summed E-state index contributed by atoms with van der Waals surface area (Å²) in [7, 11) is 0. The number of carbonyl (C=O) groups is 1. The molecule has 0 unspecified atom stereocenters. The highest BCUT2D eigenvalue weighted by molar-refractivity contribution is 5.79. The van der Waals surface area contributed by atoms with Gasteiger partial charge in [0.15, 0.2) is 0 Å². The van der Waals surface area contributed by atoms with Gasteiger partial charge < -0.3 is 10.6 Å². The molecule has 1 fully saturated rings. The number of rotatable bonds is 4. The molecule has 1 aromatic carbocycles. The number of hydrogen-bond acceptors (Lipinski definition) is 2. The Kier molecular flexibility index (Phi) is 5.18. The molecular formula is C17H26N2O. The number of nitrogens with two attached hydrogens (primary N) is 1. The molecule has 0 aliphatic heterocycles. The van der Waals surface area contributed by atoms with Gasteiger partial charge in [-0.25, -0.2) is 0 Å². The summed E-state index contributed by atoms with van der Waals surface area (Å²) in [6.45, 7) is 5.64. The molecule has 0 atom stereocenters. The summed E-state index contributed by atoms with van der Waals surface area (Å²) >= 11 is 0. The van der Waals surface area contributed by atoms with Crippen LogP contribution in [0.4, 0.5) is 0 Å². The van der Waals surface area contributed by atoms with E-state index in [2.05, 4.69) is 38.1 Å². The van der Waals surface area contributed by atoms with Crippen molar-refractivity contribution in [2.75, 3.05) is 6.54 Å². The van der Waals surface area contributed by atoms with Crippen LogP contribution >= 0.6 is 0 Å². The molecule has 3 nitrogen and oxygen atoms in total. The van der Waals surface area contributed by atoms with Crippen molar-refractivity contribution in [3.05, 3.63) is 35.4 Å². The second-order valence-electron chi connectivity index (χ2n) is 5.95. The molecule has 0 spiro atoms. The van der Waals surface area contributed by atoms with Crippen molar-refractivity contribution >= 4 is 5.91 Å². The van der Waals surface area contributed by atoms with Gasteiger partial charge in [-0.05, 0) is 45.1 Å². The third-order valence-electron chi connectivity index (χ3n) is 4.27. The molecule has 1 aromatic rings. The van der Waals surface area contributed by atoms with E-state index in [0.717, 1.165) is 38.8 Å². The van der Waals surface area contributed by atoms with Crippen LogP contribution in [0.2, 0.25) is 0 Å². The van der Waals surface area contributed by atoms with Crippen molar-refractivity contribution in [1.29, 1.82) is 0 Å². The Morgan fingerprint density at radius 3 is 2.60 bits per heavy atom. The molecule has 0 radical (unpaired) electrons. The van der Waals surface area contributed by atoms with Gasteiger partial charge in [-0.1, -0.05) is 29.8 Å². The summed E-state index contributed by atoms with van der Waals surface area (Å²) in [6.07, 6.45) is 3.87. The van der Waals surface area contributed by atoms with Crippen LogP contribution in [0.25, 0.3) is 0 Å². The van der Waals surface area contributed by atoms with E-state index in [1.807, 2.05) is 4.90 Å². The first kappa shape index (κ1) is 15.0. The fourth-order valence-electron chi connectivity index (χ4n) is 3.00. The molecule has 1 saturated carbocycles. The maximum absolute atomic E-state index is 12.6. The maximum Gasteiger partial charge on any atom is 0.225 e. The predicted molar refractivity (Wildman–Crippen MR) is 82.2 cm³/mol. The van der Waals surface area contributed by atoms with E-state index in [0.29, 0.717) is 11.9 Å². The van der Waals surface area contributed by atoms with Crippen molar-refractivity contribution in [1.82, 2.24) is 4.90 Å². The molecule has 1 aliphatic carbocycles. The third-order valence-corrected chi connectivity index (χ3v) is 4.27. The van der Waals surface area contributed by atoms with Crippen LogP contribution in [0.15, 0.2) is 24.3 Å². The molecule has 3 heteroatoms. The summed E-state index contributed by atoms with van der Waals surface area (Å²) in [5, 5.41) is 0. The van der Waals surface area contributed by atoms with Gasteiger partial charge in [-0.3, -0.25) is 4.79 Å². The van der Waals surface area contributed by atoms with E-state index >= 15 is 0 Å². The number of carbonyl (C=O) groups excluding carboxylic acids is 1. The molecule has 0 aromatic heterocycles. The van der Waals surface area contributed by atoms with Crippen LogP contribution in [0.1, 0.15) is 43.7 Å². The second kappa shape index (κ2) is 6.89. The molecule has 0 saturated heterocycles. The second-order valence-corrected chi connectivity index (χ2v) is 5.95. The standard InChI is InChI=1S/C17H26N2O/c1-3-19(12-14-6-4-5-13(2)11-14)17(20)15-7-9-16(18)10-8-15/h4-6,11,15-16H,3,7-10,12,18H2,1-2H3. The molecule has 2 N–H and O–H groups in total. The minimum absolute atomic E-state index is 0.180. The molecule has 1 aliphatic rings. The lowest BCUT2D eigenvalue weighted by Crippen LogP contribution is -2.39. The first-order chi connectivity index (χ1) is 9.60. The molecule has 0 heterocycles. The fraction of sp³-hybridized carbons (Fsp3) is 0.588. The number of benzene rings is 1. The average Bonchev–Trinajstić information content (AvgIpc) is 2.45. The van der Waals surface area contributed by atoms with Crippen LogP contribution in [0, 0.1) is 12.8 Å². The Morgan fingerprint density at radius 2 is 2.00 bits per heavy atom. The van der Waals surface area contributed by atoms with Gasteiger partial charge in [0.25, 0.3) is 0 Å². The number of hydrogen-bond donors (Lipinski definition) is 1. The Hall–Kier alpha value is -1.35. The smallest absolute Gasteiger partial charge is 0.225 e. The largest absolute Gasteiger partial charge is 0.338 e. The first-order valence-corrected chi connectivity index (χ1v) is 7.70. The van der Waals surface area contributed by atoms with Crippen LogP contribution in [0.3, 0.4) is 0 Å².